The Kier molecular flexibility index (Phi) is 3.37. The number of aromatic nitrogens is 2. The van der Waals surface area contributed by atoms with Crippen LogP contribution in [-0.4, -0.2) is 23.4 Å². The molecule has 1 N–H and O–H groups in total. The molecule has 0 spiro atoms. The van der Waals surface area contributed by atoms with Gasteiger partial charge in [0.1, 0.15) is 0 Å². The summed E-state index contributed by atoms with van der Waals surface area (Å²) in [5.41, 5.74) is 2.33. The summed E-state index contributed by atoms with van der Waals surface area (Å²) < 4.78 is 2.02. The highest BCUT2D eigenvalue weighted by molar-refractivity contribution is 5.20. The Morgan fingerprint density at radius 2 is 2.00 bits per heavy atom. The summed E-state index contributed by atoms with van der Waals surface area (Å²) in [7, 11) is 1.96. The molecule has 0 saturated carbocycles. The molecule has 1 aromatic heterocycles. The van der Waals surface area contributed by atoms with E-state index in [0.29, 0.717) is 0 Å². The van der Waals surface area contributed by atoms with Crippen molar-refractivity contribution in [3.63, 3.8) is 0 Å². The second-order valence-corrected chi connectivity index (χ2v) is 3.92. The van der Waals surface area contributed by atoms with Gasteiger partial charge in [0.05, 0.1) is 11.7 Å². The van der Waals surface area contributed by atoms with Crippen molar-refractivity contribution in [3.8, 4) is 0 Å². The molecule has 3 heteroatoms. The molecule has 2 aromatic rings. The molecule has 0 aliphatic rings. The molecule has 0 amide bonds. The fourth-order valence-electron chi connectivity index (χ4n) is 1.84. The second-order valence-electron chi connectivity index (χ2n) is 3.92. The van der Waals surface area contributed by atoms with Gasteiger partial charge in [0.2, 0.25) is 0 Å². The topological polar surface area (TPSA) is 29.9 Å². The number of rotatable bonds is 4. The molecule has 3 nitrogen and oxygen atoms in total. The van der Waals surface area contributed by atoms with E-state index in [1.54, 1.807) is 0 Å². The standard InChI is InChI=1S/C13H17N3/c1-11-8-9-16(15-11)13(10-14-2)12-6-4-3-5-7-12/h3-9,13-14H,10H2,1-2H3. The van der Waals surface area contributed by atoms with Gasteiger partial charge in [0.15, 0.2) is 0 Å². The van der Waals surface area contributed by atoms with Gasteiger partial charge in [-0.05, 0) is 25.6 Å². The first-order valence-corrected chi connectivity index (χ1v) is 5.52. The molecular formula is C13H17N3. The minimum absolute atomic E-state index is 0.264. The lowest BCUT2D eigenvalue weighted by atomic mass is 10.1. The van der Waals surface area contributed by atoms with E-state index in [1.165, 1.54) is 5.56 Å². The van der Waals surface area contributed by atoms with Gasteiger partial charge in [-0.1, -0.05) is 30.3 Å². The highest BCUT2D eigenvalue weighted by Gasteiger charge is 2.12. The van der Waals surface area contributed by atoms with E-state index < -0.39 is 0 Å². The normalized spacial score (nSPS) is 12.6. The summed E-state index contributed by atoms with van der Waals surface area (Å²) in [4.78, 5) is 0. The molecule has 0 aliphatic heterocycles. The molecular weight excluding hydrogens is 198 g/mol. The average molecular weight is 215 g/mol. The number of aryl methyl sites for hydroxylation is 1. The molecule has 2 rings (SSSR count). The molecule has 1 atom stereocenters. The predicted molar refractivity (Wildman–Crippen MR) is 65.5 cm³/mol. The van der Waals surface area contributed by atoms with E-state index in [9.17, 15) is 0 Å². The minimum Gasteiger partial charge on any atom is -0.317 e. The van der Waals surface area contributed by atoms with Crippen molar-refractivity contribution in [2.45, 2.75) is 13.0 Å². The largest absolute Gasteiger partial charge is 0.317 e. The zero-order valence-corrected chi connectivity index (χ0v) is 9.72. The monoisotopic (exact) mass is 215 g/mol. The van der Waals surface area contributed by atoms with E-state index in [4.69, 9.17) is 0 Å². The van der Waals surface area contributed by atoms with Gasteiger partial charge < -0.3 is 5.32 Å². The Morgan fingerprint density at radius 1 is 1.25 bits per heavy atom. The summed E-state index contributed by atoms with van der Waals surface area (Å²) in [6, 6.07) is 12.7. The number of hydrogen-bond acceptors (Lipinski definition) is 2. The molecule has 0 aliphatic carbocycles. The fraction of sp³-hybridized carbons (Fsp3) is 0.308. The Balaban J connectivity index is 2.31. The van der Waals surface area contributed by atoms with Crippen molar-refractivity contribution >= 4 is 0 Å². The van der Waals surface area contributed by atoms with E-state index in [-0.39, 0.29) is 6.04 Å². The van der Waals surface area contributed by atoms with Gasteiger partial charge in [0.25, 0.3) is 0 Å². The van der Waals surface area contributed by atoms with Crippen LogP contribution in [0, 0.1) is 6.92 Å². The summed E-state index contributed by atoms with van der Waals surface area (Å²) in [5, 5.41) is 7.70. The van der Waals surface area contributed by atoms with E-state index in [2.05, 4.69) is 34.7 Å². The Morgan fingerprint density at radius 3 is 2.56 bits per heavy atom. The first-order valence-electron chi connectivity index (χ1n) is 5.52. The highest BCUT2D eigenvalue weighted by Crippen LogP contribution is 2.16. The van der Waals surface area contributed by atoms with Crippen LogP contribution in [-0.2, 0) is 0 Å². The Labute approximate surface area is 96.1 Å². The molecule has 0 radical (unpaired) electrons. The molecule has 1 unspecified atom stereocenters. The Hall–Kier alpha value is -1.61. The van der Waals surface area contributed by atoms with Crippen molar-refractivity contribution in [3.05, 3.63) is 53.9 Å². The average Bonchev–Trinajstić information content (AvgIpc) is 2.74. The minimum atomic E-state index is 0.264. The van der Waals surface area contributed by atoms with Crippen LogP contribution in [0.5, 0.6) is 0 Å². The van der Waals surface area contributed by atoms with Crippen LogP contribution in [0.3, 0.4) is 0 Å². The highest BCUT2D eigenvalue weighted by atomic mass is 15.3. The summed E-state index contributed by atoms with van der Waals surface area (Å²) in [5.74, 6) is 0. The van der Waals surface area contributed by atoms with E-state index in [0.717, 1.165) is 12.2 Å². The second kappa shape index (κ2) is 4.94. The first-order chi connectivity index (χ1) is 7.81. The number of nitrogens with one attached hydrogen (secondary N) is 1. The zero-order valence-electron chi connectivity index (χ0n) is 9.72. The molecule has 16 heavy (non-hydrogen) atoms. The lowest BCUT2D eigenvalue weighted by Crippen LogP contribution is -2.23. The lowest BCUT2D eigenvalue weighted by molar-refractivity contribution is 0.497. The number of hydrogen-bond donors (Lipinski definition) is 1. The number of likely N-dealkylation sites (N-methyl/N-ethyl adjacent to an activating group) is 1. The number of benzene rings is 1. The lowest BCUT2D eigenvalue weighted by Gasteiger charge is -2.17. The van der Waals surface area contributed by atoms with Gasteiger partial charge in [-0.25, -0.2) is 0 Å². The van der Waals surface area contributed by atoms with Gasteiger partial charge in [-0.2, -0.15) is 5.10 Å². The van der Waals surface area contributed by atoms with Crippen LogP contribution < -0.4 is 5.32 Å². The maximum atomic E-state index is 4.48. The van der Waals surface area contributed by atoms with Crippen LogP contribution in [0.1, 0.15) is 17.3 Å². The number of nitrogens with zero attached hydrogens (tertiary/aromatic N) is 2. The smallest absolute Gasteiger partial charge is 0.0892 e. The fourth-order valence-corrected chi connectivity index (χ4v) is 1.84. The van der Waals surface area contributed by atoms with Crippen LogP contribution in [0.2, 0.25) is 0 Å². The quantitative estimate of drug-likeness (QED) is 0.845. The summed E-state index contributed by atoms with van der Waals surface area (Å²) in [6.07, 6.45) is 2.03. The van der Waals surface area contributed by atoms with Gasteiger partial charge in [0, 0.05) is 12.7 Å². The zero-order chi connectivity index (χ0) is 11.4. The van der Waals surface area contributed by atoms with Gasteiger partial charge >= 0.3 is 0 Å². The molecule has 84 valence electrons. The van der Waals surface area contributed by atoms with Crippen LogP contribution in [0.25, 0.3) is 0 Å². The van der Waals surface area contributed by atoms with Crippen molar-refractivity contribution < 1.29 is 0 Å². The third-order valence-electron chi connectivity index (χ3n) is 2.64. The van der Waals surface area contributed by atoms with Gasteiger partial charge in [-0.15, -0.1) is 0 Å². The summed E-state index contributed by atoms with van der Waals surface area (Å²) in [6.45, 7) is 2.89. The maximum Gasteiger partial charge on any atom is 0.0892 e. The Bertz CT molecular complexity index is 433. The van der Waals surface area contributed by atoms with Crippen molar-refractivity contribution in [2.24, 2.45) is 0 Å². The van der Waals surface area contributed by atoms with Crippen LogP contribution in [0.15, 0.2) is 42.6 Å². The van der Waals surface area contributed by atoms with Gasteiger partial charge in [-0.3, -0.25) is 4.68 Å². The molecule has 0 saturated heterocycles. The van der Waals surface area contributed by atoms with Crippen molar-refractivity contribution in [1.29, 1.82) is 0 Å². The first kappa shape index (κ1) is 10.9. The van der Waals surface area contributed by atoms with E-state index >= 15 is 0 Å². The van der Waals surface area contributed by atoms with Crippen LogP contribution >= 0.6 is 0 Å². The van der Waals surface area contributed by atoms with Crippen molar-refractivity contribution in [2.75, 3.05) is 13.6 Å². The molecule has 0 fully saturated rings. The van der Waals surface area contributed by atoms with E-state index in [1.807, 2.05) is 37.0 Å². The molecule has 0 bridgehead atoms. The SMILES string of the molecule is CNCC(c1ccccc1)n1ccc(C)n1. The summed E-state index contributed by atoms with van der Waals surface area (Å²) >= 11 is 0. The molecule has 1 heterocycles. The molecule has 1 aromatic carbocycles. The van der Waals surface area contributed by atoms with Crippen molar-refractivity contribution in [1.82, 2.24) is 15.1 Å². The third-order valence-corrected chi connectivity index (χ3v) is 2.64. The predicted octanol–water partition coefficient (Wildman–Crippen LogP) is 2.00. The maximum absolute atomic E-state index is 4.48. The van der Waals surface area contributed by atoms with Crippen LogP contribution in [0.4, 0.5) is 0 Å². The third kappa shape index (κ3) is 2.31.